The molecule has 80 valence electrons. The minimum absolute atomic E-state index is 0.0472. The lowest BCUT2D eigenvalue weighted by Gasteiger charge is -2.02. The molecule has 0 aliphatic heterocycles. The predicted octanol–water partition coefficient (Wildman–Crippen LogP) is 1.92. The van der Waals surface area contributed by atoms with Crippen LogP contribution in [0.5, 0.6) is 0 Å². The number of nitrogens with zero attached hydrogens (tertiary/aromatic N) is 2. The molecule has 1 aromatic rings. The van der Waals surface area contributed by atoms with E-state index in [0.717, 1.165) is 5.56 Å². The van der Waals surface area contributed by atoms with Gasteiger partial charge in [-0.25, -0.2) is 4.98 Å². The third-order valence-electron chi connectivity index (χ3n) is 1.73. The number of pyridine rings is 1. The highest BCUT2D eigenvalue weighted by Gasteiger charge is 2.00. The molecule has 0 saturated carbocycles. The molecule has 0 atom stereocenters. The van der Waals surface area contributed by atoms with E-state index in [2.05, 4.69) is 4.98 Å². The molecule has 0 bridgehead atoms. The predicted molar refractivity (Wildman–Crippen MR) is 60.8 cm³/mol. The molecule has 0 aliphatic rings. The summed E-state index contributed by atoms with van der Waals surface area (Å²) in [6, 6.07) is 3.48. The number of hydrogen-bond acceptors (Lipinski definition) is 3. The fourth-order valence-corrected chi connectivity index (χ4v) is 1.24. The Balaban J connectivity index is 2.59. The van der Waals surface area contributed by atoms with Crippen molar-refractivity contribution in [3.63, 3.8) is 0 Å². The van der Waals surface area contributed by atoms with Gasteiger partial charge in [-0.3, -0.25) is 4.79 Å². The van der Waals surface area contributed by atoms with E-state index < -0.39 is 0 Å². The van der Waals surface area contributed by atoms with Gasteiger partial charge in [0.1, 0.15) is 5.15 Å². The standard InChI is InChI=1S/C11H13ClN2O/c1-14(2)6-4-10(15)7-9-3-5-13-11(12)8-9/h3-6,8H,7H2,1-2H3. The van der Waals surface area contributed by atoms with Gasteiger partial charge in [0.05, 0.1) is 0 Å². The Morgan fingerprint density at radius 1 is 1.60 bits per heavy atom. The Bertz CT molecular complexity index is 375. The van der Waals surface area contributed by atoms with Crippen LogP contribution >= 0.6 is 11.6 Å². The number of aromatic nitrogens is 1. The molecular weight excluding hydrogens is 212 g/mol. The molecule has 1 aromatic heterocycles. The van der Waals surface area contributed by atoms with Crippen LogP contribution in [0.3, 0.4) is 0 Å². The summed E-state index contributed by atoms with van der Waals surface area (Å²) in [4.78, 5) is 17.1. The van der Waals surface area contributed by atoms with Crippen molar-refractivity contribution in [1.29, 1.82) is 0 Å². The topological polar surface area (TPSA) is 33.2 Å². The number of ketones is 1. The van der Waals surface area contributed by atoms with Crippen LogP contribution in [-0.4, -0.2) is 29.8 Å². The zero-order valence-electron chi connectivity index (χ0n) is 8.77. The SMILES string of the molecule is CN(C)C=CC(=O)Cc1ccnc(Cl)c1. The van der Waals surface area contributed by atoms with Crippen LogP contribution in [0.4, 0.5) is 0 Å². The third-order valence-corrected chi connectivity index (χ3v) is 1.93. The van der Waals surface area contributed by atoms with Gasteiger partial charge in [-0.1, -0.05) is 11.6 Å². The minimum Gasteiger partial charge on any atom is -0.383 e. The first kappa shape index (κ1) is 11.7. The first-order valence-electron chi connectivity index (χ1n) is 4.56. The second kappa shape index (κ2) is 5.51. The summed E-state index contributed by atoms with van der Waals surface area (Å²) >= 11 is 5.71. The van der Waals surface area contributed by atoms with Crippen molar-refractivity contribution in [1.82, 2.24) is 9.88 Å². The van der Waals surface area contributed by atoms with Crippen LogP contribution in [0.25, 0.3) is 0 Å². The average molecular weight is 225 g/mol. The molecule has 4 heteroatoms. The molecule has 0 aliphatic carbocycles. The van der Waals surface area contributed by atoms with Crippen molar-refractivity contribution in [3.8, 4) is 0 Å². The zero-order chi connectivity index (χ0) is 11.3. The van der Waals surface area contributed by atoms with Gasteiger partial charge in [-0.05, 0) is 23.8 Å². The lowest BCUT2D eigenvalue weighted by molar-refractivity contribution is -0.114. The summed E-state index contributed by atoms with van der Waals surface area (Å²) in [7, 11) is 3.74. The van der Waals surface area contributed by atoms with E-state index in [1.807, 2.05) is 19.0 Å². The molecule has 0 radical (unpaired) electrons. The maximum atomic E-state index is 11.5. The highest BCUT2D eigenvalue weighted by atomic mass is 35.5. The van der Waals surface area contributed by atoms with Gasteiger partial charge >= 0.3 is 0 Å². The molecule has 15 heavy (non-hydrogen) atoms. The molecule has 0 amide bonds. The largest absolute Gasteiger partial charge is 0.383 e. The Morgan fingerprint density at radius 2 is 2.33 bits per heavy atom. The van der Waals surface area contributed by atoms with Gasteiger partial charge in [0, 0.05) is 32.9 Å². The van der Waals surface area contributed by atoms with E-state index >= 15 is 0 Å². The fraction of sp³-hybridized carbons (Fsp3) is 0.273. The molecule has 0 saturated heterocycles. The van der Waals surface area contributed by atoms with Crippen LogP contribution in [0, 0.1) is 0 Å². The van der Waals surface area contributed by atoms with E-state index in [9.17, 15) is 4.79 Å². The molecular formula is C11H13ClN2O. The monoisotopic (exact) mass is 224 g/mol. The van der Waals surface area contributed by atoms with Gasteiger partial charge in [-0.2, -0.15) is 0 Å². The minimum atomic E-state index is 0.0472. The number of halogens is 1. The Labute approximate surface area is 94.4 Å². The van der Waals surface area contributed by atoms with Gasteiger partial charge in [0.15, 0.2) is 5.78 Å². The molecule has 0 spiro atoms. The molecule has 1 rings (SSSR count). The van der Waals surface area contributed by atoms with E-state index in [1.165, 1.54) is 0 Å². The van der Waals surface area contributed by atoms with Crippen LogP contribution in [0.15, 0.2) is 30.6 Å². The van der Waals surface area contributed by atoms with E-state index in [1.54, 1.807) is 30.6 Å². The van der Waals surface area contributed by atoms with Crippen molar-refractivity contribution >= 4 is 17.4 Å². The summed E-state index contributed by atoms with van der Waals surface area (Å²) in [5, 5.41) is 0.414. The first-order chi connectivity index (χ1) is 7.08. The molecule has 0 fully saturated rings. The smallest absolute Gasteiger partial charge is 0.161 e. The Kier molecular flexibility index (Phi) is 4.31. The highest BCUT2D eigenvalue weighted by Crippen LogP contribution is 2.08. The summed E-state index contributed by atoms with van der Waals surface area (Å²) in [5.41, 5.74) is 0.878. The number of allylic oxidation sites excluding steroid dienone is 1. The van der Waals surface area contributed by atoms with Gasteiger partial charge in [0.2, 0.25) is 0 Å². The van der Waals surface area contributed by atoms with E-state index in [4.69, 9.17) is 11.6 Å². The lowest BCUT2D eigenvalue weighted by Crippen LogP contribution is -2.04. The quantitative estimate of drug-likeness (QED) is 0.579. The Hall–Kier alpha value is -1.35. The van der Waals surface area contributed by atoms with Gasteiger partial charge in [-0.15, -0.1) is 0 Å². The molecule has 0 aromatic carbocycles. The van der Waals surface area contributed by atoms with Gasteiger partial charge in [0.25, 0.3) is 0 Å². The summed E-state index contributed by atoms with van der Waals surface area (Å²) in [6.07, 6.45) is 5.23. The normalized spacial score (nSPS) is 10.6. The maximum Gasteiger partial charge on any atom is 0.161 e. The van der Waals surface area contributed by atoms with Crippen molar-refractivity contribution < 1.29 is 4.79 Å². The zero-order valence-corrected chi connectivity index (χ0v) is 9.53. The molecule has 0 N–H and O–H groups in total. The Morgan fingerprint density at radius 3 is 2.93 bits per heavy atom. The summed E-state index contributed by atoms with van der Waals surface area (Å²) < 4.78 is 0. The van der Waals surface area contributed by atoms with Crippen LogP contribution in [0.2, 0.25) is 5.15 Å². The third kappa shape index (κ3) is 4.61. The van der Waals surface area contributed by atoms with Crippen molar-refractivity contribution in [2.24, 2.45) is 0 Å². The van der Waals surface area contributed by atoms with E-state index in [0.29, 0.717) is 11.6 Å². The summed E-state index contributed by atoms with van der Waals surface area (Å²) in [5.74, 6) is 0.0472. The second-order valence-electron chi connectivity index (χ2n) is 3.41. The number of hydrogen-bond donors (Lipinski definition) is 0. The highest BCUT2D eigenvalue weighted by molar-refractivity contribution is 6.29. The number of carbonyl (C=O) groups excluding carboxylic acids is 1. The summed E-state index contributed by atoms with van der Waals surface area (Å²) in [6.45, 7) is 0. The van der Waals surface area contributed by atoms with Crippen LogP contribution in [0.1, 0.15) is 5.56 Å². The van der Waals surface area contributed by atoms with Crippen LogP contribution in [-0.2, 0) is 11.2 Å². The van der Waals surface area contributed by atoms with Crippen molar-refractivity contribution in [2.75, 3.05) is 14.1 Å². The molecule has 3 nitrogen and oxygen atoms in total. The van der Waals surface area contributed by atoms with Gasteiger partial charge < -0.3 is 4.90 Å². The van der Waals surface area contributed by atoms with Crippen molar-refractivity contribution in [2.45, 2.75) is 6.42 Å². The fourth-order valence-electron chi connectivity index (χ4n) is 1.04. The van der Waals surface area contributed by atoms with Crippen LogP contribution < -0.4 is 0 Å². The van der Waals surface area contributed by atoms with E-state index in [-0.39, 0.29) is 5.78 Å². The average Bonchev–Trinajstić information content (AvgIpc) is 2.15. The van der Waals surface area contributed by atoms with Crippen molar-refractivity contribution in [3.05, 3.63) is 41.3 Å². The lowest BCUT2D eigenvalue weighted by atomic mass is 10.1. The molecule has 0 unspecified atom stereocenters. The molecule has 1 heterocycles. The maximum absolute atomic E-state index is 11.5. The first-order valence-corrected chi connectivity index (χ1v) is 4.93. The second-order valence-corrected chi connectivity index (χ2v) is 3.80. The number of rotatable bonds is 4. The number of carbonyl (C=O) groups is 1.